The molecule has 1 heterocycles. The molecule has 1 aliphatic heterocycles. The molecular weight excluding hydrogens is 282 g/mol. The van der Waals surface area contributed by atoms with E-state index in [1.54, 1.807) is 20.8 Å². The Kier molecular flexibility index (Phi) is 4.30. The van der Waals surface area contributed by atoms with Crippen molar-refractivity contribution in [3.63, 3.8) is 0 Å². The Hall–Kier alpha value is -0.820. The monoisotopic (exact) mass is 305 g/mol. The van der Waals surface area contributed by atoms with Gasteiger partial charge in [-0.3, -0.25) is 4.18 Å². The Morgan fingerprint density at radius 1 is 1.20 bits per heavy atom. The van der Waals surface area contributed by atoms with Crippen LogP contribution in [0.5, 0.6) is 0 Å². The smallest absolute Gasteiger partial charge is 0.426 e. The third kappa shape index (κ3) is 3.44. The number of carbonyl (C=O) groups is 1. The predicted molar refractivity (Wildman–Crippen MR) is 73.3 cm³/mol. The topological polar surface area (TPSA) is 72.9 Å². The first-order valence-corrected chi connectivity index (χ1v) is 8.49. The van der Waals surface area contributed by atoms with Gasteiger partial charge in [0.05, 0.1) is 12.6 Å². The summed E-state index contributed by atoms with van der Waals surface area (Å²) in [5.74, 6) is 0.175. The Balaban J connectivity index is 2.17. The molecule has 0 aromatic carbocycles. The molecule has 1 atom stereocenters. The summed E-state index contributed by atoms with van der Waals surface area (Å²) < 4.78 is 34.8. The van der Waals surface area contributed by atoms with Gasteiger partial charge in [-0.25, -0.2) is 4.79 Å². The fourth-order valence-electron chi connectivity index (χ4n) is 2.83. The fourth-order valence-corrected chi connectivity index (χ4v) is 4.04. The van der Waals surface area contributed by atoms with Crippen molar-refractivity contribution in [2.45, 2.75) is 64.5 Å². The SMILES string of the molecule is CC(C)(C)OC(=O)N1C(C2CCCCC2)COS1(=O)=O. The molecule has 0 bridgehead atoms. The van der Waals surface area contributed by atoms with Crippen molar-refractivity contribution < 1.29 is 22.1 Å². The number of rotatable bonds is 1. The van der Waals surface area contributed by atoms with Gasteiger partial charge < -0.3 is 4.74 Å². The molecule has 1 saturated heterocycles. The van der Waals surface area contributed by atoms with E-state index in [4.69, 9.17) is 8.92 Å². The molecule has 0 aromatic rings. The van der Waals surface area contributed by atoms with E-state index in [0.29, 0.717) is 0 Å². The van der Waals surface area contributed by atoms with Crippen molar-refractivity contribution in [3.05, 3.63) is 0 Å². The molecule has 1 aliphatic carbocycles. The standard InChI is InChI=1S/C13H23NO5S/c1-13(2,3)19-12(15)14-11(9-18-20(14,16)17)10-7-5-4-6-8-10/h10-11H,4-9H2,1-3H3. The lowest BCUT2D eigenvalue weighted by Gasteiger charge is -2.32. The van der Waals surface area contributed by atoms with Crippen molar-refractivity contribution in [2.75, 3.05) is 6.61 Å². The van der Waals surface area contributed by atoms with Crippen LogP contribution in [-0.4, -0.2) is 37.1 Å². The summed E-state index contributed by atoms with van der Waals surface area (Å²) in [6.07, 6.45) is 4.35. The summed E-state index contributed by atoms with van der Waals surface area (Å²) >= 11 is 0. The van der Waals surface area contributed by atoms with Gasteiger partial charge in [-0.1, -0.05) is 19.3 Å². The maximum atomic E-state index is 12.2. The molecule has 0 N–H and O–H groups in total. The van der Waals surface area contributed by atoms with E-state index >= 15 is 0 Å². The summed E-state index contributed by atoms with van der Waals surface area (Å²) in [6, 6.07) is -0.421. The van der Waals surface area contributed by atoms with Gasteiger partial charge in [-0.15, -0.1) is 0 Å². The predicted octanol–water partition coefficient (Wildman–Crippen LogP) is 2.45. The van der Waals surface area contributed by atoms with Crippen LogP contribution in [0.3, 0.4) is 0 Å². The van der Waals surface area contributed by atoms with Crippen LogP contribution < -0.4 is 0 Å². The lowest BCUT2D eigenvalue weighted by molar-refractivity contribution is 0.0305. The molecule has 6 nitrogen and oxygen atoms in total. The molecule has 116 valence electrons. The molecule has 20 heavy (non-hydrogen) atoms. The van der Waals surface area contributed by atoms with E-state index in [2.05, 4.69) is 0 Å². The normalized spacial score (nSPS) is 27.6. The van der Waals surface area contributed by atoms with Crippen LogP contribution in [0.15, 0.2) is 0 Å². The molecule has 2 fully saturated rings. The Morgan fingerprint density at radius 3 is 2.35 bits per heavy atom. The van der Waals surface area contributed by atoms with E-state index in [1.165, 1.54) is 6.42 Å². The van der Waals surface area contributed by atoms with Crippen molar-refractivity contribution in [3.8, 4) is 0 Å². The Bertz CT molecular complexity index is 462. The fraction of sp³-hybridized carbons (Fsp3) is 0.923. The minimum absolute atomic E-state index is 0.0479. The van der Waals surface area contributed by atoms with Gasteiger partial charge in [0.2, 0.25) is 0 Å². The zero-order valence-corrected chi connectivity index (χ0v) is 13.1. The van der Waals surface area contributed by atoms with Crippen LogP contribution in [-0.2, 0) is 19.2 Å². The van der Waals surface area contributed by atoms with Crippen molar-refractivity contribution >= 4 is 16.4 Å². The molecule has 0 radical (unpaired) electrons. The second-order valence-electron chi connectivity index (χ2n) is 6.48. The van der Waals surface area contributed by atoms with Gasteiger partial charge in [-0.05, 0) is 39.5 Å². The first-order valence-electron chi connectivity index (χ1n) is 7.12. The molecular formula is C13H23NO5S. The zero-order valence-electron chi connectivity index (χ0n) is 12.3. The van der Waals surface area contributed by atoms with E-state index in [0.717, 1.165) is 30.0 Å². The van der Waals surface area contributed by atoms with Gasteiger partial charge in [0.25, 0.3) is 0 Å². The van der Waals surface area contributed by atoms with Crippen molar-refractivity contribution in [2.24, 2.45) is 5.92 Å². The van der Waals surface area contributed by atoms with Crippen LogP contribution in [0, 0.1) is 5.92 Å². The van der Waals surface area contributed by atoms with Gasteiger partial charge in [-0.2, -0.15) is 12.7 Å². The van der Waals surface area contributed by atoms with E-state index < -0.39 is 28.0 Å². The molecule has 0 aromatic heterocycles. The Morgan fingerprint density at radius 2 is 1.80 bits per heavy atom. The number of nitrogens with zero attached hydrogens (tertiary/aromatic N) is 1. The lowest BCUT2D eigenvalue weighted by atomic mass is 9.84. The maximum Gasteiger partial charge on any atom is 0.426 e. The third-order valence-electron chi connectivity index (χ3n) is 3.70. The molecule has 2 aliphatic rings. The largest absolute Gasteiger partial charge is 0.443 e. The van der Waals surface area contributed by atoms with Crippen LogP contribution in [0.4, 0.5) is 4.79 Å². The van der Waals surface area contributed by atoms with E-state index in [1.807, 2.05) is 0 Å². The maximum absolute atomic E-state index is 12.2. The molecule has 1 amide bonds. The van der Waals surface area contributed by atoms with E-state index in [-0.39, 0.29) is 12.5 Å². The molecule has 1 unspecified atom stereocenters. The minimum atomic E-state index is -4.00. The highest BCUT2D eigenvalue weighted by Crippen LogP contribution is 2.34. The highest BCUT2D eigenvalue weighted by Gasteiger charge is 2.47. The van der Waals surface area contributed by atoms with Gasteiger partial charge in [0.15, 0.2) is 0 Å². The summed E-state index contributed by atoms with van der Waals surface area (Å²) in [4.78, 5) is 12.2. The molecule has 1 saturated carbocycles. The first-order chi connectivity index (χ1) is 9.21. The quantitative estimate of drug-likeness (QED) is 0.744. The lowest BCUT2D eigenvalue weighted by Crippen LogP contribution is -2.46. The van der Waals surface area contributed by atoms with Crippen molar-refractivity contribution in [1.29, 1.82) is 0 Å². The van der Waals surface area contributed by atoms with Gasteiger partial charge in [0, 0.05) is 0 Å². The second-order valence-corrected chi connectivity index (χ2v) is 7.97. The van der Waals surface area contributed by atoms with Crippen LogP contribution >= 0.6 is 0 Å². The minimum Gasteiger partial charge on any atom is -0.443 e. The number of hydrogen-bond donors (Lipinski definition) is 0. The van der Waals surface area contributed by atoms with Gasteiger partial charge >= 0.3 is 16.4 Å². The highest BCUT2D eigenvalue weighted by molar-refractivity contribution is 7.85. The molecule has 0 spiro atoms. The van der Waals surface area contributed by atoms with Crippen molar-refractivity contribution in [1.82, 2.24) is 4.31 Å². The van der Waals surface area contributed by atoms with Crippen LogP contribution in [0.2, 0.25) is 0 Å². The Labute approximate surface area is 120 Å². The summed E-state index contributed by atoms with van der Waals surface area (Å²) in [5, 5.41) is 0. The summed E-state index contributed by atoms with van der Waals surface area (Å²) in [6.45, 7) is 5.18. The zero-order chi connectivity index (χ0) is 15.0. The number of amides is 1. The third-order valence-corrected chi connectivity index (χ3v) is 5.03. The highest BCUT2D eigenvalue weighted by atomic mass is 32.2. The average molecular weight is 305 g/mol. The molecule has 2 rings (SSSR count). The van der Waals surface area contributed by atoms with Gasteiger partial charge in [0.1, 0.15) is 5.60 Å². The second kappa shape index (κ2) is 5.52. The van der Waals surface area contributed by atoms with E-state index in [9.17, 15) is 13.2 Å². The van der Waals surface area contributed by atoms with Crippen LogP contribution in [0.25, 0.3) is 0 Å². The average Bonchev–Trinajstić information content (AvgIpc) is 2.64. The first kappa shape index (κ1) is 15.6. The summed E-state index contributed by atoms with van der Waals surface area (Å²) in [7, 11) is -4.00. The number of ether oxygens (including phenoxy) is 1. The molecule has 7 heteroatoms. The summed E-state index contributed by atoms with van der Waals surface area (Å²) in [5.41, 5.74) is -0.730. The number of carbonyl (C=O) groups excluding carboxylic acids is 1. The number of hydrogen-bond acceptors (Lipinski definition) is 5. The van der Waals surface area contributed by atoms with Crippen LogP contribution in [0.1, 0.15) is 52.9 Å².